The van der Waals surface area contributed by atoms with Gasteiger partial charge in [-0.15, -0.1) is 0 Å². The van der Waals surface area contributed by atoms with Crippen LogP contribution < -0.4 is 5.32 Å². The van der Waals surface area contributed by atoms with Crippen molar-refractivity contribution in [1.29, 1.82) is 0 Å². The number of hydrogen-bond donors (Lipinski definition) is 2. The van der Waals surface area contributed by atoms with E-state index in [-0.39, 0.29) is 10.8 Å². The van der Waals surface area contributed by atoms with Gasteiger partial charge in [0.05, 0.1) is 16.1 Å². The number of aryl methyl sites for hydroxylation is 1. The topological polar surface area (TPSA) is 50.1 Å². The second-order valence-corrected chi connectivity index (χ2v) is 7.94. The minimum atomic E-state index is 0.0529. The number of halogens is 2. The molecule has 1 aromatic heterocycles. The van der Waals surface area contributed by atoms with Crippen LogP contribution in [0.5, 0.6) is 5.75 Å². The van der Waals surface area contributed by atoms with Crippen LogP contribution in [0, 0.1) is 0 Å². The van der Waals surface area contributed by atoms with E-state index in [0.29, 0.717) is 17.1 Å². The Labute approximate surface area is 176 Å². The quantitative estimate of drug-likeness (QED) is 0.347. The summed E-state index contributed by atoms with van der Waals surface area (Å²) >= 11 is 12.1. The summed E-state index contributed by atoms with van der Waals surface area (Å²) in [7, 11) is 0. The van der Waals surface area contributed by atoms with E-state index in [1.54, 1.807) is 6.07 Å². The zero-order valence-corrected chi connectivity index (χ0v) is 17.7. The molecule has 2 aromatic carbocycles. The zero-order valence-electron chi connectivity index (χ0n) is 16.2. The molecule has 0 saturated heterocycles. The molecule has 1 heterocycles. The number of fused-ring (bicyclic) bond motifs is 1. The van der Waals surface area contributed by atoms with Gasteiger partial charge in [-0.25, -0.2) is 4.98 Å². The molecule has 0 spiro atoms. The highest BCUT2D eigenvalue weighted by Gasteiger charge is 2.12. The average Bonchev–Trinajstić information content (AvgIpc) is 3.04. The number of rotatable bonds is 10. The molecule has 0 aliphatic heterocycles. The summed E-state index contributed by atoms with van der Waals surface area (Å²) in [6, 6.07) is 11.4. The Morgan fingerprint density at radius 1 is 1.04 bits per heavy atom. The fourth-order valence-electron chi connectivity index (χ4n) is 3.42. The predicted octanol–water partition coefficient (Wildman–Crippen LogP) is 7.02. The average molecular weight is 420 g/mol. The first-order valence-corrected chi connectivity index (χ1v) is 10.7. The van der Waals surface area contributed by atoms with E-state index >= 15 is 0 Å². The summed E-state index contributed by atoms with van der Waals surface area (Å²) in [6.07, 6.45) is 7.50. The van der Waals surface area contributed by atoms with E-state index in [1.807, 2.05) is 18.2 Å². The standard InChI is InChI=1S/C22H27Cl2N3O/c1-2-3-4-5-6-9-12-27-20-11-8-7-10-19(20)26-22(27)25-15-16-13-17(23)14-18(24)21(16)28/h7-8,10-11,13-14,28H,2-6,9,12,15H2,1H3,(H,25,26). The van der Waals surface area contributed by atoms with Crippen LogP contribution in [0.4, 0.5) is 5.95 Å². The number of hydrogen-bond acceptors (Lipinski definition) is 3. The van der Waals surface area contributed by atoms with E-state index < -0.39 is 0 Å². The lowest BCUT2D eigenvalue weighted by Crippen LogP contribution is -2.08. The third-order valence-electron chi connectivity index (χ3n) is 4.93. The second kappa shape index (κ2) is 10.0. The predicted molar refractivity (Wildman–Crippen MR) is 119 cm³/mol. The largest absolute Gasteiger partial charge is 0.506 e. The molecule has 4 nitrogen and oxygen atoms in total. The number of aromatic hydroxyl groups is 1. The van der Waals surface area contributed by atoms with Crippen LogP contribution in [0.3, 0.4) is 0 Å². The molecule has 0 saturated carbocycles. The Morgan fingerprint density at radius 2 is 1.79 bits per heavy atom. The molecule has 0 atom stereocenters. The zero-order chi connectivity index (χ0) is 19.9. The van der Waals surface area contributed by atoms with Gasteiger partial charge >= 0.3 is 0 Å². The summed E-state index contributed by atoms with van der Waals surface area (Å²) in [6.45, 7) is 3.55. The fourth-order valence-corrected chi connectivity index (χ4v) is 3.95. The first kappa shape index (κ1) is 20.8. The van der Waals surface area contributed by atoms with Crippen LogP contribution in [-0.2, 0) is 13.1 Å². The third-order valence-corrected chi connectivity index (χ3v) is 5.44. The van der Waals surface area contributed by atoms with Gasteiger partial charge in [-0.1, -0.05) is 74.4 Å². The smallest absolute Gasteiger partial charge is 0.204 e. The number of phenols is 1. The number of aromatic nitrogens is 2. The Kier molecular flexibility index (Phi) is 7.46. The van der Waals surface area contributed by atoms with Crippen LogP contribution in [0.15, 0.2) is 36.4 Å². The number of nitrogens with zero attached hydrogens (tertiary/aromatic N) is 2. The molecule has 0 fully saturated rings. The Hall–Kier alpha value is -1.91. The monoisotopic (exact) mass is 419 g/mol. The van der Waals surface area contributed by atoms with Gasteiger partial charge < -0.3 is 15.0 Å². The van der Waals surface area contributed by atoms with E-state index in [9.17, 15) is 5.11 Å². The maximum absolute atomic E-state index is 10.2. The van der Waals surface area contributed by atoms with Gasteiger partial charge in [-0.05, 0) is 30.7 Å². The highest BCUT2D eigenvalue weighted by molar-refractivity contribution is 6.35. The van der Waals surface area contributed by atoms with Crippen LogP contribution in [-0.4, -0.2) is 14.7 Å². The summed E-state index contributed by atoms with van der Waals surface area (Å²) in [5.41, 5.74) is 2.73. The summed E-state index contributed by atoms with van der Waals surface area (Å²) < 4.78 is 2.22. The van der Waals surface area contributed by atoms with Crippen molar-refractivity contribution in [2.24, 2.45) is 0 Å². The van der Waals surface area contributed by atoms with E-state index in [1.165, 1.54) is 38.2 Å². The highest BCUT2D eigenvalue weighted by atomic mass is 35.5. The van der Waals surface area contributed by atoms with Crippen molar-refractivity contribution in [3.05, 3.63) is 52.0 Å². The van der Waals surface area contributed by atoms with Crippen LogP contribution in [0.1, 0.15) is 51.0 Å². The molecule has 6 heteroatoms. The number of unbranched alkanes of at least 4 members (excludes halogenated alkanes) is 5. The number of para-hydroxylation sites is 2. The molecule has 0 amide bonds. The molecule has 0 aliphatic carbocycles. The van der Waals surface area contributed by atoms with E-state index in [4.69, 9.17) is 28.2 Å². The lowest BCUT2D eigenvalue weighted by Gasteiger charge is -2.12. The first-order chi connectivity index (χ1) is 13.6. The Morgan fingerprint density at radius 3 is 2.61 bits per heavy atom. The van der Waals surface area contributed by atoms with Crippen molar-refractivity contribution in [1.82, 2.24) is 9.55 Å². The van der Waals surface area contributed by atoms with Crippen LogP contribution in [0.25, 0.3) is 11.0 Å². The first-order valence-electron chi connectivity index (χ1n) is 9.96. The van der Waals surface area contributed by atoms with Crippen molar-refractivity contribution in [3.63, 3.8) is 0 Å². The minimum absolute atomic E-state index is 0.0529. The molecular formula is C22H27Cl2N3O. The summed E-state index contributed by atoms with van der Waals surface area (Å²) in [5, 5.41) is 14.3. The highest BCUT2D eigenvalue weighted by Crippen LogP contribution is 2.32. The SMILES string of the molecule is CCCCCCCCn1c(NCc2cc(Cl)cc(Cl)c2O)nc2ccccc21. The Bertz CT molecular complexity index is 924. The molecule has 28 heavy (non-hydrogen) atoms. The number of anilines is 1. The van der Waals surface area contributed by atoms with Gasteiger partial charge in [-0.3, -0.25) is 0 Å². The van der Waals surface area contributed by atoms with Gasteiger partial charge in [0.2, 0.25) is 5.95 Å². The lowest BCUT2D eigenvalue weighted by molar-refractivity contribution is 0.469. The third kappa shape index (κ3) is 5.12. The molecule has 3 aromatic rings. The molecule has 0 bridgehead atoms. The van der Waals surface area contributed by atoms with Crippen molar-refractivity contribution in [2.75, 3.05) is 5.32 Å². The van der Waals surface area contributed by atoms with Crippen LogP contribution in [0.2, 0.25) is 10.0 Å². The minimum Gasteiger partial charge on any atom is -0.506 e. The van der Waals surface area contributed by atoms with E-state index in [2.05, 4.69) is 22.9 Å². The maximum Gasteiger partial charge on any atom is 0.204 e. The molecule has 0 aliphatic rings. The number of phenolic OH excluding ortho intramolecular Hbond substituents is 1. The van der Waals surface area contributed by atoms with Crippen molar-refractivity contribution in [3.8, 4) is 5.75 Å². The summed E-state index contributed by atoms with van der Waals surface area (Å²) in [5.74, 6) is 0.849. The lowest BCUT2D eigenvalue weighted by atomic mass is 10.1. The fraction of sp³-hybridized carbons (Fsp3) is 0.409. The number of nitrogens with one attached hydrogen (secondary N) is 1. The molecule has 150 valence electrons. The summed E-state index contributed by atoms with van der Waals surface area (Å²) in [4.78, 5) is 4.73. The molecule has 0 radical (unpaired) electrons. The number of imidazole rings is 1. The van der Waals surface area contributed by atoms with Gasteiger partial charge in [0, 0.05) is 23.7 Å². The van der Waals surface area contributed by atoms with Gasteiger partial charge in [-0.2, -0.15) is 0 Å². The van der Waals surface area contributed by atoms with Crippen molar-refractivity contribution in [2.45, 2.75) is 58.5 Å². The molecule has 2 N–H and O–H groups in total. The maximum atomic E-state index is 10.2. The van der Waals surface area contributed by atoms with Gasteiger partial charge in [0.15, 0.2) is 0 Å². The molecule has 3 rings (SSSR count). The van der Waals surface area contributed by atoms with Gasteiger partial charge in [0.1, 0.15) is 5.75 Å². The van der Waals surface area contributed by atoms with Crippen molar-refractivity contribution >= 4 is 40.2 Å². The van der Waals surface area contributed by atoms with E-state index in [0.717, 1.165) is 29.9 Å². The second-order valence-electron chi connectivity index (χ2n) is 7.09. The van der Waals surface area contributed by atoms with Crippen LogP contribution >= 0.6 is 23.2 Å². The van der Waals surface area contributed by atoms with Crippen molar-refractivity contribution < 1.29 is 5.11 Å². The normalized spacial score (nSPS) is 11.2. The van der Waals surface area contributed by atoms with Gasteiger partial charge in [0.25, 0.3) is 0 Å². The number of benzene rings is 2. The molecular weight excluding hydrogens is 393 g/mol. The molecule has 0 unspecified atom stereocenters. The Balaban J connectivity index is 1.73.